The smallest absolute Gasteiger partial charge is 0.253 e. The maximum atomic E-state index is 12.1. The van der Waals surface area contributed by atoms with E-state index in [-0.39, 0.29) is 5.91 Å². The first-order chi connectivity index (χ1) is 11.6. The molecular formula is C18H21N3O3. The van der Waals surface area contributed by atoms with Crippen LogP contribution in [-0.2, 0) is 30.7 Å². The standard InChI is InChI=1S/C18H21N3O3/c1-20(2)18(22)13-3-4-16-12(9-13)5-7-21(16)10-15-14-11-23-8-6-17(14)24-19-15/h3-4,9H,5-8,10-11H2,1-2H3. The van der Waals surface area contributed by atoms with Gasteiger partial charge in [-0.25, -0.2) is 0 Å². The third kappa shape index (κ3) is 2.57. The Bertz CT molecular complexity index is 782. The van der Waals surface area contributed by atoms with E-state index in [1.54, 1.807) is 19.0 Å². The lowest BCUT2D eigenvalue weighted by molar-refractivity contribution is 0.0827. The summed E-state index contributed by atoms with van der Waals surface area (Å²) in [6.45, 7) is 2.94. The van der Waals surface area contributed by atoms with E-state index < -0.39 is 0 Å². The summed E-state index contributed by atoms with van der Waals surface area (Å²) < 4.78 is 11.0. The lowest BCUT2D eigenvalue weighted by Gasteiger charge is -2.20. The molecule has 126 valence electrons. The second-order valence-electron chi connectivity index (χ2n) is 6.55. The fourth-order valence-electron chi connectivity index (χ4n) is 3.41. The molecule has 2 aromatic rings. The van der Waals surface area contributed by atoms with Crippen molar-refractivity contribution in [1.29, 1.82) is 0 Å². The largest absolute Gasteiger partial charge is 0.376 e. The van der Waals surface area contributed by atoms with Crippen LogP contribution in [0.5, 0.6) is 0 Å². The molecule has 0 fully saturated rings. The Morgan fingerprint density at radius 2 is 2.21 bits per heavy atom. The van der Waals surface area contributed by atoms with Crippen molar-refractivity contribution < 1.29 is 14.1 Å². The van der Waals surface area contributed by atoms with Crippen molar-refractivity contribution in [2.75, 3.05) is 32.1 Å². The van der Waals surface area contributed by atoms with Gasteiger partial charge in [-0.2, -0.15) is 0 Å². The van der Waals surface area contributed by atoms with E-state index in [1.807, 2.05) is 18.2 Å². The van der Waals surface area contributed by atoms with E-state index in [2.05, 4.69) is 10.1 Å². The van der Waals surface area contributed by atoms with Crippen LogP contribution in [0.3, 0.4) is 0 Å². The molecule has 4 rings (SSSR count). The summed E-state index contributed by atoms with van der Waals surface area (Å²) in [5, 5.41) is 4.25. The SMILES string of the molecule is CN(C)C(=O)c1ccc2c(c1)CCN2Cc1noc2c1COCC2. The molecule has 0 atom stereocenters. The Balaban J connectivity index is 1.56. The summed E-state index contributed by atoms with van der Waals surface area (Å²) in [6, 6.07) is 5.96. The van der Waals surface area contributed by atoms with Crippen molar-refractivity contribution in [2.45, 2.75) is 26.0 Å². The van der Waals surface area contributed by atoms with Gasteiger partial charge < -0.3 is 19.1 Å². The van der Waals surface area contributed by atoms with Crippen molar-refractivity contribution in [3.05, 3.63) is 46.3 Å². The van der Waals surface area contributed by atoms with E-state index in [0.717, 1.165) is 48.5 Å². The highest BCUT2D eigenvalue weighted by molar-refractivity contribution is 5.94. The number of hydrogen-bond acceptors (Lipinski definition) is 5. The van der Waals surface area contributed by atoms with E-state index in [4.69, 9.17) is 9.26 Å². The van der Waals surface area contributed by atoms with Gasteiger partial charge in [-0.15, -0.1) is 0 Å². The fraction of sp³-hybridized carbons (Fsp3) is 0.444. The van der Waals surface area contributed by atoms with Crippen LogP contribution < -0.4 is 4.90 Å². The van der Waals surface area contributed by atoms with Crippen LogP contribution in [0.15, 0.2) is 22.7 Å². The van der Waals surface area contributed by atoms with Crippen LogP contribution >= 0.6 is 0 Å². The number of hydrogen-bond donors (Lipinski definition) is 0. The van der Waals surface area contributed by atoms with E-state index in [1.165, 1.54) is 11.3 Å². The number of amides is 1. The van der Waals surface area contributed by atoms with Crippen LogP contribution in [0.25, 0.3) is 0 Å². The van der Waals surface area contributed by atoms with Gasteiger partial charge in [-0.3, -0.25) is 4.79 Å². The number of ether oxygens (including phenoxy) is 1. The highest BCUT2D eigenvalue weighted by atomic mass is 16.5. The zero-order valence-corrected chi connectivity index (χ0v) is 14.0. The maximum Gasteiger partial charge on any atom is 0.253 e. The Labute approximate surface area is 141 Å². The van der Waals surface area contributed by atoms with Crippen LogP contribution in [0.4, 0.5) is 5.69 Å². The molecule has 1 aromatic heterocycles. The summed E-state index contributed by atoms with van der Waals surface area (Å²) in [7, 11) is 3.55. The first-order valence-corrected chi connectivity index (χ1v) is 8.27. The third-order valence-electron chi connectivity index (χ3n) is 4.74. The number of aromatic nitrogens is 1. The molecule has 6 heteroatoms. The normalized spacial score (nSPS) is 16.0. The summed E-state index contributed by atoms with van der Waals surface area (Å²) in [5.74, 6) is 1.00. The number of nitrogens with zero attached hydrogens (tertiary/aromatic N) is 3. The monoisotopic (exact) mass is 327 g/mol. The molecule has 2 aliphatic rings. The summed E-state index contributed by atoms with van der Waals surface area (Å²) >= 11 is 0. The molecular weight excluding hydrogens is 306 g/mol. The minimum atomic E-state index is 0.0407. The molecule has 1 aromatic carbocycles. The number of benzene rings is 1. The average Bonchev–Trinajstić information content (AvgIpc) is 3.19. The molecule has 0 unspecified atom stereocenters. The van der Waals surface area contributed by atoms with E-state index >= 15 is 0 Å². The van der Waals surface area contributed by atoms with Crippen LogP contribution in [0.2, 0.25) is 0 Å². The molecule has 6 nitrogen and oxygen atoms in total. The molecule has 1 amide bonds. The Kier molecular flexibility index (Phi) is 3.76. The van der Waals surface area contributed by atoms with Gasteiger partial charge in [0.05, 0.1) is 19.8 Å². The lowest BCUT2D eigenvalue weighted by Crippen LogP contribution is -2.22. The molecule has 24 heavy (non-hydrogen) atoms. The van der Waals surface area contributed by atoms with Gasteiger partial charge in [-0.1, -0.05) is 5.16 Å². The topological polar surface area (TPSA) is 58.8 Å². The molecule has 0 saturated carbocycles. The molecule has 0 aliphatic carbocycles. The van der Waals surface area contributed by atoms with Gasteiger partial charge in [0.15, 0.2) is 0 Å². The van der Waals surface area contributed by atoms with Crippen LogP contribution in [0, 0.1) is 0 Å². The maximum absolute atomic E-state index is 12.1. The van der Waals surface area contributed by atoms with Crippen LogP contribution in [-0.4, -0.2) is 43.2 Å². The molecule has 2 aliphatic heterocycles. The highest BCUT2D eigenvalue weighted by Crippen LogP contribution is 2.31. The zero-order chi connectivity index (χ0) is 16.7. The van der Waals surface area contributed by atoms with Gasteiger partial charge in [0.1, 0.15) is 11.5 Å². The zero-order valence-electron chi connectivity index (χ0n) is 14.0. The summed E-state index contributed by atoms with van der Waals surface area (Å²) in [4.78, 5) is 16.0. The molecule has 0 radical (unpaired) electrons. The van der Waals surface area contributed by atoms with Gasteiger partial charge in [0.25, 0.3) is 5.91 Å². The van der Waals surface area contributed by atoms with Crippen molar-refractivity contribution in [1.82, 2.24) is 10.1 Å². The number of carbonyl (C=O) groups is 1. The molecule has 3 heterocycles. The van der Waals surface area contributed by atoms with E-state index in [9.17, 15) is 4.79 Å². The first-order valence-electron chi connectivity index (χ1n) is 8.27. The van der Waals surface area contributed by atoms with Gasteiger partial charge in [-0.05, 0) is 30.2 Å². The third-order valence-corrected chi connectivity index (χ3v) is 4.74. The quantitative estimate of drug-likeness (QED) is 0.863. The highest BCUT2D eigenvalue weighted by Gasteiger charge is 2.25. The second kappa shape index (κ2) is 5.94. The molecule has 0 saturated heterocycles. The van der Waals surface area contributed by atoms with Crippen molar-refractivity contribution in [3.8, 4) is 0 Å². The predicted molar refractivity (Wildman–Crippen MR) is 89.1 cm³/mol. The Morgan fingerprint density at radius 3 is 3.04 bits per heavy atom. The summed E-state index contributed by atoms with van der Waals surface area (Å²) in [5.41, 5.74) is 5.21. The number of anilines is 1. The Hall–Kier alpha value is -2.34. The van der Waals surface area contributed by atoms with Crippen LogP contribution in [0.1, 0.15) is 32.9 Å². The van der Waals surface area contributed by atoms with Gasteiger partial charge >= 0.3 is 0 Å². The minimum Gasteiger partial charge on any atom is -0.376 e. The number of rotatable bonds is 3. The van der Waals surface area contributed by atoms with Crippen molar-refractivity contribution >= 4 is 11.6 Å². The number of carbonyl (C=O) groups excluding carboxylic acids is 1. The number of fused-ring (bicyclic) bond motifs is 2. The minimum absolute atomic E-state index is 0.0407. The molecule has 0 spiro atoms. The molecule has 0 N–H and O–H groups in total. The van der Waals surface area contributed by atoms with Crippen molar-refractivity contribution in [2.24, 2.45) is 0 Å². The van der Waals surface area contributed by atoms with E-state index in [0.29, 0.717) is 13.2 Å². The second-order valence-corrected chi connectivity index (χ2v) is 6.55. The lowest BCUT2D eigenvalue weighted by atomic mass is 10.1. The van der Waals surface area contributed by atoms with Gasteiger partial charge in [0.2, 0.25) is 0 Å². The predicted octanol–water partition coefficient (Wildman–Crippen LogP) is 2.01. The van der Waals surface area contributed by atoms with Crippen molar-refractivity contribution in [3.63, 3.8) is 0 Å². The van der Waals surface area contributed by atoms with Gasteiger partial charge in [0, 0.05) is 43.9 Å². The average molecular weight is 327 g/mol. The fourth-order valence-corrected chi connectivity index (χ4v) is 3.41. The molecule has 0 bridgehead atoms. The summed E-state index contributed by atoms with van der Waals surface area (Å²) in [6.07, 6.45) is 1.75. The first kappa shape index (κ1) is 15.2. The Morgan fingerprint density at radius 1 is 1.33 bits per heavy atom.